The minimum absolute atomic E-state index is 0.256. The van der Waals surface area contributed by atoms with Gasteiger partial charge in [0.2, 0.25) is 0 Å². The van der Waals surface area contributed by atoms with Gasteiger partial charge in [-0.15, -0.1) is 0 Å². The van der Waals surface area contributed by atoms with E-state index in [1.165, 1.54) is 5.57 Å². The van der Waals surface area contributed by atoms with Gasteiger partial charge in [0.25, 0.3) is 0 Å². The first-order chi connectivity index (χ1) is 6.06. The number of carbonyl (C=O) groups excluding carboxylic acids is 1. The van der Waals surface area contributed by atoms with Gasteiger partial charge in [0.15, 0.2) is 0 Å². The van der Waals surface area contributed by atoms with E-state index in [2.05, 4.69) is 19.9 Å². The predicted molar refractivity (Wildman–Crippen MR) is 54.3 cm³/mol. The Hall–Kier alpha value is -0.630. The lowest BCUT2D eigenvalue weighted by Gasteiger charge is -2.41. The molecule has 2 heteroatoms. The Bertz CT molecular complexity index is 234. The van der Waals surface area contributed by atoms with Gasteiger partial charge in [0.05, 0.1) is 0 Å². The van der Waals surface area contributed by atoms with Crippen molar-refractivity contribution in [1.29, 1.82) is 0 Å². The van der Waals surface area contributed by atoms with Crippen molar-refractivity contribution in [3.8, 4) is 0 Å². The second-order valence-corrected chi connectivity index (χ2v) is 4.32. The quantitative estimate of drug-likeness (QED) is 0.521. The monoisotopic (exact) mass is 181 g/mol. The smallest absolute Gasteiger partial charge is 0.126 e. The van der Waals surface area contributed by atoms with Crippen LogP contribution in [0.15, 0.2) is 11.6 Å². The third-order valence-corrected chi connectivity index (χ3v) is 3.76. The Morgan fingerprint density at radius 2 is 2.38 bits per heavy atom. The minimum atomic E-state index is -0.256. The summed E-state index contributed by atoms with van der Waals surface area (Å²) in [5.41, 5.74) is 6.74. The average molecular weight is 181 g/mol. The lowest BCUT2D eigenvalue weighted by Crippen LogP contribution is -2.42. The van der Waals surface area contributed by atoms with Crippen LogP contribution in [0, 0.1) is 17.3 Å². The fraction of sp³-hybridized carbons (Fsp3) is 0.727. The molecule has 0 saturated carbocycles. The Balaban J connectivity index is 3.00. The molecule has 2 N–H and O–H groups in total. The maximum absolute atomic E-state index is 11.1. The molecule has 0 radical (unpaired) electrons. The first-order valence-corrected chi connectivity index (χ1v) is 4.89. The molecule has 0 bridgehead atoms. The number of hydrogen-bond donors (Lipinski definition) is 1. The molecule has 0 fully saturated rings. The molecule has 1 aliphatic carbocycles. The number of carbonyl (C=O) groups is 1. The normalized spacial score (nSPS) is 39.8. The van der Waals surface area contributed by atoms with Crippen molar-refractivity contribution in [2.24, 2.45) is 23.0 Å². The first kappa shape index (κ1) is 10.5. The molecule has 1 rings (SSSR count). The summed E-state index contributed by atoms with van der Waals surface area (Å²) in [6.07, 6.45) is 4.25. The van der Waals surface area contributed by atoms with E-state index in [1.54, 1.807) is 0 Å². The van der Waals surface area contributed by atoms with Crippen molar-refractivity contribution in [1.82, 2.24) is 0 Å². The van der Waals surface area contributed by atoms with E-state index in [1.807, 2.05) is 6.92 Å². The van der Waals surface area contributed by atoms with Gasteiger partial charge in [-0.05, 0) is 31.7 Å². The zero-order chi connectivity index (χ0) is 10.1. The molecule has 74 valence electrons. The molecular weight excluding hydrogens is 162 g/mol. The molecule has 13 heavy (non-hydrogen) atoms. The molecule has 0 saturated heterocycles. The third kappa shape index (κ3) is 1.55. The maximum Gasteiger partial charge on any atom is 0.126 e. The molecule has 0 amide bonds. The number of nitrogens with two attached hydrogens (primary N) is 1. The minimum Gasteiger partial charge on any atom is -0.330 e. The van der Waals surface area contributed by atoms with Gasteiger partial charge >= 0.3 is 0 Å². The molecule has 0 aromatic heterocycles. The van der Waals surface area contributed by atoms with Gasteiger partial charge in [-0.3, -0.25) is 0 Å². The second kappa shape index (κ2) is 3.62. The highest BCUT2D eigenvalue weighted by Gasteiger charge is 2.40. The summed E-state index contributed by atoms with van der Waals surface area (Å²) in [7, 11) is 0. The largest absolute Gasteiger partial charge is 0.330 e. The van der Waals surface area contributed by atoms with Gasteiger partial charge in [0, 0.05) is 5.41 Å². The SMILES string of the molecule is CC1=CCC(CN)C(C)(C=O)C1C. The summed E-state index contributed by atoms with van der Waals surface area (Å²) in [5.74, 6) is 0.635. The average Bonchev–Trinajstić information content (AvgIpc) is 2.15. The molecule has 0 aromatic carbocycles. The molecule has 0 aliphatic heterocycles. The summed E-state index contributed by atoms with van der Waals surface area (Å²) in [6, 6.07) is 0. The topological polar surface area (TPSA) is 43.1 Å². The zero-order valence-electron chi connectivity index (χ0n) is 8.71. The highest BCUT2D eigenvalue weighted by Crippen LogP contribution is 2.42. The third-order valence-electron chi connectivity index (χ3n) is 3.76. The molecule has 3 atom stereocenters. The molecule has 1 aliphatic rings. The number of hydrogen-bond acceptors (Lipinski definition) is 2. The Morgan fingerprint density at radius 3 is 2.85 bits per heavy atom. The van der Waals surface area contributed by atoms with Gasteiger partial charge in [-0.2, -0.15) is 0 Å². The Kier molecular flexibility index (Phi) is 2.91. The fourth-order valence-corrected chi connectivity index (χ4v) is 2.15. The summed E-state index contributed by atoms with van der Waals surface area (Å²) in [6.45, 7) is 6.84. The molecule has 2 nitrogen and oxygen atoms in total. The van der Waals surface area contributed by atoms with Crippen molar-refractivity contribution < 1.29 is 4.79 Å². The van der Waals surface area contributed by atoms with Crippen molar-refractivity contribution in [3.05, 3.63) is 11.6 Å². The standard InChI is InChI=1S/C11H19NO/c1-8-4-5-10(6-12)11(3,7-13)9(8)2/h4,7,9-10H,5-6,12H2,1-3H3. The summed E-state index contributed by atoms with van der Waals surface area (Å²) >= 11 is 0. The predicted octanol–water partition coefficient (Wildman–Crippen LogP) is 1.75. The van der Waals surface area contributed by atoms with E-state index in [4.69, 9.17) is 5.73 Å². The van der Waals surface area contributed by atoms with Gasteiger partial charge in [-0.1, -0.05) is 25.5 Å². The van der Waals surface area contributed by atoms with E-state index >= 15 is 0 Å². The van der Waals surface area contributed by atoms with Crippen LogP contribution in [0.2, 0.25) is 0 Å². The number of allylic oxidation sites excluding steroid dienone is 2. The van der Waals surface area contributed by atoms with Crippen LogP contribution >= 0.6 is 0 Å². The Labute approximate surface area is 80.2 Å². The number of rotatable bonds is 2. The lowest BCUT2D eigenvalue weighted by atomic mass is 9.63. The summed E-state index contributed by atoms with van der Waals surface area (Å²) in [4.78, 5) is 11.1. The first-order valence-electron chi connectivity index (χ1n) is 4.89. The molecular formula is C11H19NO. The van der Waals surface area contributed by atoms with Crippen molar-refractivity contribution >= 4 is 6.29 Å². The van der Waals surface area contributed by atoms with E-state index < -0.39 is 0 Å². The molecule has 0 heterocycles. The highest BCUT2D eigenvalue weighted by molar-refractivity contribution is 5.61. The number of aldehydes is 1. The van der Waals surface area contributed by atoms with Crippen LogP contribution in [0.1, 0.15) is 27.2 Å². The van der Waals surface area contributed by atoms with Crippen molar-refractivity contribution in [2.75, 3.05) is 6.54 Å². The van der Waals surface area contributed by atoms with Crippen LogP contribution in [0.3, 0.4) is 0 Å². The van der Waals surface area contributed by atoms with Crippen molar-refractivity contribution in [3.63, 3.8) is 0 Å². The van der Waals surface area contributed by atoms with Gasteiger partial charge in [0.1, 0.15) is 6.29 Å². The summed E-state index contributed by atoms with van der Waals surface area (Å²) in [5, 5.41) is 0. The van der Waals surface area contributed by atoms with E-state index in [9.17, 15) is 4.79 Å². The molecule has 0 aromatic rings. The van der Waals surface area contributed by atoms with Crippen LogP contribution in [-0.2, 0) is 4.79 Å². The molecule has 3 unspecified atom stereocenters. The van der Waals surface area contributed by atoms with Crippen LogP contribution < -0.4 is 5.73 Å². The van der Waals surface area contributed by atoms with Crippen LogP contribution in [0.5, 0.6) is 0 Å². The maximum atomic E-state index is 11.1. The van der Waals surface area contributed by atoms with Gasteiger partial charge in [-0.25, -0.2) is 0 Å². The van der Waals surface area contributed by atoms with Crippen LogP contribution in [-0.4, -0.2) is 12.8 Å². The lowest BCUT2D eigenvalue weighted by molar-refractivity contribution is -0.120. The van der Waals surface area contributed by atoms with Crippen LogP contribution in [0.4, 0.5) is 0 Å². The fourth-order valence-electron chi connectivity index (χ4n) is 2.15. The van der Waals surface area contributed by atoms with E-state index in [0.29, 0.717) is 18.4 Å². The zero-order valence-corrected chi connectivity index (χ0v) is 8.71. The highest BCUT2D eigenvalue weighted by atomic mass is 16.1. The molecule has 0 spiro atoms. The van der Waals surface area contributed by atoms with Crippen molar-refractivity contribution in [2.45, 2.75) is 27.2 Å². The summed E-state index contributed by atoms with van der Waals surface area (Å²) < 4.78 is 0. The van der Waals surface area contributed by atoms with E-state index in [0.717, 1.165) is 12.7 Å². The Morgan fingerprint density at radius 1 is 1.77 bits per heavy atom. The van der Waals surface area contributed by atoms with E-state index in [-0.39, 0.29) is 5.41 Å². The van der Waals surface area contributed by atoms with Gasteiger partial charge < -0.3 is 10.5 Å². The van der Waals surface area contributed by atoms with Crippen LogP contribution in [0.25, 0.3) is 0 Å². The second-order valence-electron chi connectivity index (χ2n) is 4.32.